The fourth-order valence-electron chi connectivity index (χ4n) is 2.48. The maximum absolute atomic E-state index is 12.1. The van der Waals surface area contributed by atoms with E-state index in [1.165, 1.54) is 0 Å². The quantitative estimate of drug-likeness (QED) is 0.878. The summed E-state index contributed by atoms with van der Waals surface area (Å²) in [5.74, 6) is 0.522. The normalized spacial score (nSPS) is 17.2. The van der Waals surface area contributed by atoms with Crippen molar-refractivity contribution >= 4 is 11.6 Å². The molecule has 0 radical (unpaired) electrons. The molecule has 104 valence electrons. The first kappa shape index (κ1) is 13.9. The van der Waals surface area contributed by atoms with Gasteiger partial charge in [-0.05, 0) is 63.3 Å². The third kappa shape index (κ3) is 3.07. The largest absolute Gasteiger partial charge is 0.494 e. The van der Waals surface area contributed by atoms with E-state index >= 15 is 0 Å². The van der Waals surface area contributed by atoms with Gasteiger partial charge in [0.25, 0.3) is 5.91 Å². The first-order chi connectivity index (χ1) is 9.05. The van der Waals surface area contributed by atoms with E-state index in [4.69, 9.17) is 4.74 Å². The summed E-state index contributed by atoms with van der Waals surface area (Å²) < 4.78 is 5.45. The van der Waals surface area contributed by atoms with Gasteiger partial charge in [-0.25, -0.2) is 0 Å². The van der Waals surface area contributed by atoms with Crippen LogP contribution in [0.1, 0.15) is 38.2 Å². The number of ether oxygens (including phenoxy) is 1. The molecule has 1 saturated carbocycles. The highest BCUT2D eigenvalue weighted by atomic mass is 16.5. The van der Waals surface area contributed by atoms with Gasteiger partial charge in [0, 0.05) is 5.69 Å². The van der Waals surface area contributed by atoms with Gasteiger partial charge >= 0.3 is 0 Å². The number of carbonyl (C=O) groups is 1. The highest BCUT2D eigenvalue weighted by Gasteiger charge is 2.38. The molecule has 0 aliphatic heterocycles. The van der Waals surface area contributed by atoms with Crippen molar-refractivity contribution in [3.63, 3.8) is 0 Å². The fraction of sp³-hybridized carbons (Fsp3) is 0.533. The van der Waals surface area contributed by atoms with Crippen molar-refractivity contribution in [1.29, 1.82) is 0 Å². The summed E-state index contributed by atoms with van der Waals surface area (Å²) >= 11 is 0. The molecule has 4 heteroatoms. The number of aryl methyl sites for hydroxylation is 1. The highest BCUT2D eigenvalue weighted by Crippen LogP contribution is 2.31. The Bertz CT molecular complexity index is 464. The lowest BCUT2D eigenvalue weighted by atomic mass is 10.0. The predicted molar refractivity (Wildman–Crippen MR) is 74.4 cm³/mol. The SMILES string of the molecule is CCOc1ccc(NC(=O)C2(O)CCCC2)cc1C. The summed E-state index contributed by atoms with van der Waals surface area (Å²) in [4.78, 5) is 12.1. The maximum atomic E-state index is 12.1. The second-order valence-electron chi connectivity index (χ2n) is 5.11. The number of hydrogen-bond donors (Lipinski definition) is 2. The summed E-state index contributed by atoms with van der Waals surface area (Å²) in [6, 6.07) is 5.50. The Morgan fingerprint density at radius 2 is 2.11 bits per heavy atom. The topological polar surface area (TPSA) is 58.6 Å². The molecule has 0 saturated heterocycles. The van der Waals surface area contributed by atoms with Crippen LogP contribution in [0, 0.1) is 6.92 Å². The van der Waals surface area contributed by atoms with Crippen LogP contribution >= 0.6 is 0 Å². The molecule has 2 N–H and O–H groups in total. The molecule has 1 fully saturated rings. The number of amides is 1. The Morgan fingerprint density at radius 1 is 1.42 bits per heavy atom. The highest BCUT2D eigenvalue weighted by molar-refractivity contribution is 5.97. The van der Waals surface area contributed by atoms with Gasteiger partial charge in [-0.15, -0.1) is 0 Å². The second kappa shape index (κ2) is 5.61. The summed E-state index contributed by atoms with van der Waals surface area (Å²) in [5, 5.41) is 13.0. The number of benzene rings is 1. The number of rotatable bonds is 4. The maximum Gasteiger partial charge on any atom is 0.256 e. The molecular formula is C15H21NO3. The fourth-order valence-corrected chi connectivity index (χ4v) is 2.48. The van der Waals surface area contributed by atoms with Crippen LogP contribution in [-0.2, 0) is 4.79 Å². The van der Waals surface area contributed by atoms with Crippen LogP contribution in [0.4, 0.5) is 5.69 Å². The monoisotopic (exact) mass is 263 g/mol. The Balaban J connectivity index is 2.07. The second-order valence-corrected chi connectivity index (χ2v) is 5.11. The van der Waals surface area contributed by atoms with Gasteiger partial charge in [-0.1, -0.05) is 0 Å². The molecule has 1 aliphatic rings. The summed E-state index contributed by atoms with van der Waals surface area (Å²) in [7, 11) is 0. The molecule has 1 aromatic carbocycles. The molecule has 1 amide bonds. The molecule has 0 spiro atoms. The molecule has 4 nitrogen and oxygen atoms in total. The van der Waals surface area contributed by atoms with Crippen molar-refractivity contribution in [2.45, 2.75) is 45.1 Å². The Morgan fingerprint density at radius 3 is 2.68 bits per heavy atom. The van der Waals surface area contributed by atoms with Crippen LogP contribution < -0.4 is 10.1 Å². The average Bonchev–Trinajstić information content (AvgIpc) is 2.81. The first-order valence-corrected chi connectivity index (χ1v) is 6.82. The lowest BCUT2D eigenvalue weighted by Gasteiger charge is -2.21. The molecular weight excluding hydrogens is 242 g/mol. The Kier molecular flexibility index (Phi) is 4.10. The number of nitrogens with one attached hydrogen (secondary N) is 1. The smallest absolute Gasteiger partial charge is 0.256 e. The van der Waals surface area contributed by atoms with E-state index in [1.807, 2.05) is 26.0 Å². The van der Waals surface area contributed by atoms with Gasteiger partial charge in [-0.2, -0.15) is 0 Å². The number of anilines is 1. The van der Waals surface area contributed by atoms with Crippen LogP contribution in [0.25, 0.3) is 0 Å². The predicted octanol–water partition coefficient (Wildman–Crippen LogP) is 2.64. The lowest BCUT2D eigenvalue weighted by molar-refractivity contribution is -0.133. The van der Waals surface area contributed by atoms with Crippen LogP contribution in [0.15, 0.2) is 18.2 Å². The van der Waals surface area contributed by atoms with Gasteiger partial charge in [0.05, 0.1) is 6.61 Å². The van der Waals surface area contributed by atoms with Crippen LogP contribution in [0.3, 0.4) is 0 Å². The van der Waals surface area contributed by atoms with E-state index < -0.39 is 5.60 Å². The molecule has 0 atom stereocenters. The van der Waals surface area contributed by atoms with Gasteiger partial charge in [-0.3, -0.25) is 4.79 Å². The zero-order valence-electron chi connectivity index (χ0n) is 11.5. The molecule has 1 aliphatic carbocycles. The van der Waals surface area contributed by atoms with Crippen molar-refractivity contribution in [1.82, 2.24) is 0 Å². The van der Waals surface area contributed by atoms with Crippen LogP contribution in [0.5, 0.6) is 5.75 Å². The third-order valence-corrected chi connectivity index (χ3v) is 3.59. The molecule has 2 rings (SSSR count). The minimum Gasteiger partial charge on any atom is -0.494 e. The van der Waals surface area contributed by atoms with Gasteiger partial charge in [0.2, 0.25) is 0 Å². The van der Waals surface area contributed by atoms with Crippen LogP contribution in [0.2, 0.25) is 0 Å². The molecule has 1 aromatic rings. The van der Waals surface area contributed by atoms with E-state index in [-0.39, 0.29) is 5.91 Å². The average molecular weight is 263 g/mol. The summed E-state index contributed by atoms with van der Waals surface area (Å²) in [5.41, 5.74) is 0.483. The minimum atomic E-state index is -1.19. The Labute approximate surface area is 113 Å². The molecule has 19 heavy (non-hydrogen) atoms. The van der Waals surface area contributed by atoms with E-state index in [2.05, 4.69) is 5.32 Å². The zero-order chi connectivity index (χ0) is 13.9. The van der Waals surface area contributed by atoms with E-state index in [9.17, 15) is 9.90 Å². The molecule has 0 heterocycles. The van der Waals surface area contributed by atoms with E-state index in [0.29, 0.717) is 25.1 Å². The number of carbonyl (C=O) groups excluding carboxylic acids is 1. The number of aliphatic hydroxyl groups is 1. The van der Waals surface area contributed by atoms with Crippen molar-refractivity contribution in [3.8, 4) is 5.75 Å². The number of hydrogen-bond acceptors (Lipinski definition) is 3. The molecule has 0 bridgehead atoms. The van der Waals surface area contributed by atoms with Crippen molar-refractivity contribution in [2.24, 2.45) is 0 Å². The minimum absolute atomic E-state index is 0.298. The van der Waals surface area contributed by atoms with E-state index in [0.717, 1.165) is 24.2 Å². The van der Waals surface area contributed by atoms with E-state index in [1.54, 1.807) is 6.07 Å². The third-order valence-electron chi connectivity index (χ3n) is 3.59. The van der Waals surface area contributed by atoms with Crippen molar-refractivity contribution in [2.75, 3.05) is 11.9 Å². The van der Waals surface area contributed by atoms with Gasteiger partial charge < -0.3 is 15.2 Å². The van der Waals surface area contributed by atoms with Crippen molar-refractivity contribution in [3.05, 3.63) is 23.8 Å². The first-order valence-electron chi connectivity index (χ1n) is 6.82. The van der Waals surface area contributed by atoms with Gasteiger partial charge in [0.15, 0.2) is 0 Å². The standard InChI is InChI=1S/C15H21NO3/c1-3-19-13-7-6-12(10-11(13)2)16-14(17)15(18)8-4-5-9-15/h6-7,10,18H,3-5,8-9H2,1-2H3,(H,16,17). The van der Waals surface area contributed by atoms with Crippen molar-refractivity contribution < 1.29 is 14.6 Å². The summed E-state index contributed by atoms with van der Waals surface area (Å²) in [6.45, 7) is 4.49. The zero-order valence-corrected chi connectivity index (χ0v) is 11.5. The Hall–Kier alpha value is -1.55. The molecule has 0 aromatic heterocycles. The lowest BCUT2D eigenvalue weighted by Crippen LogP contribution is -2.40. The van der Waals surface area contributed by atoms with Gasteiger partial charge in [0.1, 0.15) is 11.4 Å². The summed E-state index contributed by atoms with van der Waals surface area (Å²) in [6.07, 6.45) is 2.92. The van der Waals surface area contributed by atoms with Crippen LogP contribution in [-0.4, -0.2) is 23.2 Å². The molecule has 0 unspecified atom stereocenters.